The van der Waals surface area contributed by atoms with Crippen LogP contribution in [0, 0.1) is 18.7 Å². The average Bonchev–Trinajstić information content (AvgIpc) is 3.10. The summed E-state index contributed by atoms with van der Waals surface area (Å²) in [6.45, 7) is 3.70. The zero-order chi connectivity index (χ0) is 21.0. The van der Waals surface area contributed by atoms with Crippen molar-refractivity contribution in [1.29, 1.82) is 0 Å². The zero-order valence-electron chi connectivity index (χ0n) is 16.1. The molecular weight excluding hydrogens is 377 g/mol. The number of anilines is 1. The summed E-state index contributed by atoms with van der Waals surface area (Å²) in [6.07, 6.45) is -0.841. The molecule has 1 saturated heterocycles. The molecule has 1 fully saturated rings. The first-order valence-corrected chi connectivity index (χ1v) is 9.22. The Morgan fingerprint density at radius 3 is 2.41 bits per heavy atom. The molecule has 0 unspecified atom stereocenters. The lowest BCUT2D eigenvalue weighted by Crippen LogP contribution is -2.49. The van der Waals surface area contributed by atoms with E-state index in [1.54, 1.807) is 4.90 Å². The normalized spacial score (nSPS) is 17.0. The van der Waals surface area contributed by atoms with E-state index in [4.69, 9.17) is 4.74 Å². The Kier molecular flexibility index (Phi) is 6.11. The Hall–Kier alpha value is -3.42. The molecule has 7 nitrogen and oxygen atoms in total. The van der Waals surface area contributed by atoms with Gasteiger partial charge in [0.2, 0.25) is 11.8 Å². The molecule has 1 heterocycles. The van der Waals surface area contributed by atoms with Crippen LogP contribution in [0.4, 0.5) is 10.1 Å². The van der Waals surface area contributed by atoms with Gasteiger partial charge in [0.1, 0.15) is 11.6 Å². The third-order valence-corrected chi connectivity index (χ3v) is 4.65. The molecule has 2 aromatic rings. The summed E-state index contributed by atoms with van der Waals surface area (Å²) < 4.78 is 18.3. The number of aryl methyl sites for hydroxylation is 1. The van der Waals surface area contributed by atoms with Crippen LogP contribution >= 0.6 is 0 Å². The van der Waals surface area contributed by atoms with E-state index in [1.165, 1.54) is 31.2 Å². The Balaban J connectivity index is 1.49. The largest absolute Gasteiger partial charge is 0.481 e. The van der Waals surface area contributed by atoms with Crippen LogP contribution in [0.2, 0.25) is 0 Å². The number of nitrogens with one attached hydrogen (secondary N) is 2. The number of hydrazine groups is 1. The third kappa shape index (κ3) is 5.10. The van der Waals surface area contributed by atoms with E-state index in [2.05, 4.69) is 10.9 Å². The van der Waals surface area contributed by atoms with Crippen LogP contribution in [-0.4, -0.2) is 30.4 Å². The molecule has 2 aromatic carbocycles. The van der Waals surface area contributed by atoms with Crippen LogP contribution in [0.1, 0.15) is 18.9 Å². The van der Waals surface area contributed by atoms with Gasteiger partial charge in [0.25, 0.3) is 5.91 Å². The van der Waals surface area contributed by atoms with E-state index in [-0.39, 0.29) is 18.9 Å². The SMILES string of the molecule is Cc1ccc(N2C[C@@H](C(=O)NNC(=O)[C@H](C)Oc3ccc(F)cc3)CC2=O)cc1. The monoisotopic (exact) mass is 399 g/mol. The molecule has 2 N–H and O–H groups in total. The lowest BCUT2D eigenvalue weighted by molar-refractivity contribution is -0.134. The lowest BCUT2D eigenvalue weighted by atomic mass is 10.1. The van der Waals surface area contributed by atoms with E-state index in [9.17, 15) is 18.8 Å². The van der Waals surface area contributed by atoms with E-state index in [0.29, 0.717) is 5.75 Å². The Morgan fingerprint density at radius 2 is 1.76 bits per heavy atom. The van der Waals surface area contributed by atoms with Gasteiger partial charge in [-0.25, -0.2) is 4.39 Å². The molecule has 152 valence electrons. The van der Waals surface area contributed by atoms with Crippen molar-refractivity contribution in [2.45, 2.75) is 26.4 Å². The first-order valence-electron chi connectivity index (χ1n) is 9.22. The number of rotatable bonds is 5. The molecule has 29 heavy (non-hydrogen) atoms. The van der Waals surface area contributed by atoms with E-state index >= 15 is 0 Å². The van der Waals surface area contributed by atoms with Crippen molar-refractivity contribution in [3.63, 3.8) is 0 Å². The van der Waals surface area contributed by atoms with Crippen molar-refractivity contribution in [1.82, 2.24) is 10.9 Å². The number of benzene rings is 2. The van der Waals surface area contributed by atoms with Gasteiger partial charge in [-0.1, -0.05) is 17.7 Å². The van der Waals surface area contributed by atoms with Crippen LogP contribution in [0.25, 0.3) is 0 Å². The number of hydrogen-bond acceptors (Lipinski definition) is 4. The Labute approximate surface area is 167 Å². The van der Waals surface area contributed by atoms with Crippen molar-refractivity contribution >= 4 is 23.4 Å². The predicted molar refractivity (Wildman–Crippen MR) is 104 cm³/mol. The summed E-state index contributed by atoms with van der Waals surface area (Å²) in [4.78, 5) is 38.3. The molecule has 0 bridgehead atoms. The lowest BCUT2D eigenvalue weighted by Gasteiger charge is -2.18. The van der Waals surface area contributed by atoms with Crippen LogP contribution < -0.4 is 20.5 Å². The minimum atomic E-state index is -0.907. The van der Waals surface area contributed by atoms with Gasteiger partial charge in [0.15, 0.2) is 6.10 Å². The maximum Gasteiger partial charge on any atom is 0.279 e. The third-order valence-electron chi connectivity index (χ3n) is 4.65. The van der Waals surface area contributed by atoms with Crippen molar-refractivity contribution in [3.05, 3.63) is 59.9 Å². The standard InChI is InChI=1S/C21H22FN3O4/c1-13-3-7-17(8-4-13)25-12-15(11-19(25)26)21(28)24-23-20(27)14(2)29-18-9-5-16(22)6-10-18/h3-10,14-15H,11-12H2,1-2H3,(H,23,27)(H,24,28)/t14-,15-/m0/s1. The van der Waals surface area contributed by atoms with Gasteiger partial charge in [-0.2, -0.15) is 0 Å². The van der Waals surface area contributed by atoms with Crippen molar-refractivity contribution in [2.75, 3.05) is 11.4 Å². The van der Waals surface area contributed by atoms with Crippen LogP contribution in [0.3, 0.4) is 0 Å². The second-order valence-electron chi connectivity index (χ2n) is 6.93. The molecular formula is C21H22FN3O4. The highest BCUT2D eigenvalue weighted by Crippen LogP contribution is 2.25. The van der Waals surface area contributed by atoms with Gasteiger partial charge in [-0.05, 0) is 50.2 Å². The number of hydrogen-bond donors (Lipinski definition) is 2. The summed E-state index contributed by atoms with van der Waals surface area (Å²) in [5.41, 5.74) is 6.46. The van der Waals surface area contributed by atoms with Crippen LogP contribution in [-0.2, 0) is 14.4 Å². The minimum absolute atomic E-state index is 0.0667. The van der Waals surface area contributed by atoms with E-state index < -0.39 is 29.7 Å². The summed E-state index contributed by atoms with van der Waals surface area (Å²) in [6, 6.07) is 12.7. The molecule has 0 saturated carbocycles. The zero-order valence-corrected chi connectivity index (χ0v) is 16.1. The number of carbonyl (C=O) groups is 3. The van der Waals surface area contributed by atoms with E-state index in [1.807, 2.05) is 31.2 Å². The Morgan fingerprint density at radius 1 is 1.10 bits per heavy atom. The smallest absolute Gasteiger partial charge is 0.279 e. The van der Waals surface area contributed by atoms with Gasteiger partial charge in [-0.15, -0.1) is 0 Å². The molecule has 8 heteroatoms. The van der Waals surface area contributed by atoms with Crippen LogP contribution in [0.15, 0.2) is 48.5 Å². The highest BCUT2D eigenvalue weighted by Gasteiger charge is 2.35. The number of halogens is 1. The Bertz CT molecular complexity index is 899. The van der Waals surface area contributed by atoms with Crippen molar-refractivity contribution < 1.29 is 23.5 Å². The summed E-state index contributed by atoms with van der Waals surface area (Å²) in [7, 11) is 0. The quantitative estimate of drug-likeness (QED) is 0.754. The fourth-order valence-electron chi connectivity index (χ4n) is 2.96. The van der Waals surface area contributed by atoms with Crippen molar-refractivity contribution in [2.24, 2.45) is 5.92 Å². The molecule has 0 aromatic heterocycles. The molecule has 3 rings (SSSR count). The fraction of sp³-hybridized carbons (Fsp3) is 0.286. The molecule has 0 spiro atoms. The minimum Gasteiger partial charge on any atom is -0.481 e. The van der Waals surface area contributed by atoms with Gasteiger partial charge in [0, 0.05) is 18.7 Å². The second-order valence-corrected chi connectivity index (χ2v) is 6.93. The van der Waals surface area contributed by atoms with Gasteiger partial charge < -0.3 is 9.64 Å². The number of amides is 3. The summed E-state index contributed by atoms with van der Waals surface area (Å²) in [5, 5.41) is 0. The summed E-state index contributed by atoms with van der Waals surface area (Å²) in [5.74, 6) is -1.81. The number of nitrogens with zero attached hydrogens (tertiary/aromatic N) is 1. The summed E-state index contributed by atoms with van der Waals surface area (Å²) >= 11 is 0. The highest BCUT2D eigenvalue weighted by molar-refractivity contribution is 6.00. The van der Waals surface area contributed by atoms with Crippen LogP contribution in [0.5, 0.6) is 5.75 Å². The van der Waals surface area contributed by atoms with Gasteiger partial charge in [0.05, 0.1) is 5.92 Å². The van der Waals surface area contributed by atoms with Gasteiger partial charge in [-0.3, -0.25) is 25.2 Å². The first kappa shape index (κ1) is 20.3. The van der Waals surface area contributed by atoms with Gasteiger partial charge >= 0.3 is 0 Å². The first-order chi connectivity index (χ1) is 13.8. The fourth-order valence-corrected chi connectivity index (χ4v) is 2.96. The molecule has 0 aliphatic carbocycles. The maximum atomic E-state index is 12.9. The maximum absolute atomic E-state index is 12.9. The highest BCUT2D eigenvalue weighted by atomic mass is 19.1. The number of ether oxygens (including phenoxy) is 1. The van der Waals surface area contributed by atoms with Crippen molar-refractivity contribution in [3.8, 4) is 5.75 Å². The molecule has 1 aliphatic rings. The molecule has 3 amide bonds. The molecule has 0 radical (unpaired) electrons. The number of carbonyl (C=O) groups excluding carboxylic acids is 3. The average molecular weight is 399 g/mol. The second kappa shape index (κ2) is 8.72. The molecule has 2 atom stereocenters. The van der Waals surface area contributed by atoms with E-state index in [0.717, 1.165) is 11.3 Å². The molecule has 1 aliphatic heterocycles. The predicted octanol–water partition coefficient (Wildman–Crippen LogP) is 2.10. The topological polar surface area (TPSA) is 87.7 Å².